The molecule has 130 valence electrons. The fraction of sp³-hybridized carbons (Fsp3) is 0.368. The van der Waals surface area contributed by atoms with Crippen molar-refractivity contribution >= 4 is 22.4 Å². The molecule has 25 heavy (non-hydrogen) atoms. The Kier molecular flexibility index (Phi) is 4.81. The standard InChI is InChI=1S/C19H22N4OS/c24-18(21-8-4-7-14-5-2-1-3-6-14)17-11-22-19(25-17)23-12-15-9-20-10-16(15)13-23/h1-3,5-6,11,20H,4,7-10,12-13H2,(H,21,24). The Morgan fingerprint density at radius 2 is 1.96 bits per heavy atom. The molecule has 4 rings (SSSR count). The fourth-order valence-electron chi connectivity index (χ4n) is 3.34. The van der Waals surface area contributed by atoms with Crippen LogP contribution in [0.4, 0.5) is 5.13 Å². The highest BCUT2D eigenvalue weighted by Crippen LogP contribution is 2.29. The third-order valence-corrected chi connectivity index (χ3v) is 5.76. The molecule has 0 atom stereocenters. The van der Waals surface area contributed by atoms with Gasteiger partial charge >= 0.3 is 0 Å². The molecule has 1 aromatic carbocycles. The highest BCUT2D eigenvalue weighted by Gasteiger charge is 2.27. The number of anilines is 1. The van der Waals surface area contributed by atoms with Crippen LogP contribution < -0.4 is 15.5 Å². The van der Waals surface area contributed by atoms with Gasteiger partial charge in [-0.1, -0.05) is 41.7 Å². The van der Waals surface area contributed by atoms with E-state index in [-0.39, 0.29) is 5.91 Å². The maximum absolute atomic E-state index is 12.3. The minimum Gasteiger partial charge on any atom is -0.351 e. The van der Waals surface area contributed by atoms with Crippen LogP contribution in [0.3, 0.4) is 0 Å². The van der Waals surface area contributed by atoms with E-state index >= 15 is 0 Å². The van der Waals surface area contributed by atoms with E-state index < -0.39 is 0 Å². The van der Waals surface area contributed by atoms with Gasteiger partial charge in [0.2, 0.25) is 0 Å². The van der Waals surface area contributed by atoms with Gasteiger partial charge in [0.1, 0.15) is 4.88 Å². The van der Waals surface area contributed by atoms with Gasteiger partial charge in [0.05, 0.1) is 6.20 Å². The Morgan fingerprint density at radius 3 is 2.72 bits per heavy atom. The van der Waals surface area contributed by atoms with Gasteiger partial charge in [-0.25, -0.2) is 4.98 Å². The molecule has 2 N–H and O–H groups in total. The van der Waals surface area contributed by atoms with Gasteiger partial charge in [-0.3, -0.25) is 4.79 Å². The van der Waals surface area contributed by atoms with Crippen molar-refractivity contribution in [3.63, 3.8) is 0 Å². The highest BCUT2D eigenvalue weighted by molar-refractivity contribution is 7.17. The molecule has 2 aliphatic heterocycles. The van der Waals surface area contributed by atoms with Crippen LogP contribution in [0.25, 0.3) is 0 Å². The minimum absolute atomic E-state index is 0.0156. The van der Waals surface area contributed by atoms with E-state index in [1.807, 2.05) is 18.2 Å². The molecule has 5 nitrogen and oxygen atoms in total. The van der Waals surface area contributed by atoms with Crippen molar-refractivity contribution in [3.05, 3.63) is 58.1 Å². The number of amides is 1. The summed E-state index contributed by atoms with van der Waals surface area (Å²) in [4.78, 5) is 19.7. The van der Waals surface area contributed by atoms with Crippen LogP contribution in [0.5, 0.6) is 0 Å². The minimum atomic E-state index is -0.0156. The summed E-state index contributed by atoms with van der Waals surface area (Å²) >= 11 is 1.49. The number of thiazole rings is 1. The first kappa shape index (κ1) is 16.3. The van der Waals surface area contributed by atoms with E-state index in [2.05, 4.69) is 32.7 Å². The molecule has 3 heterocycles. The molecule has 0 bridgehead atoms. The van der Waals surface area contributed by atoms with Crippen LogP contribution in [0.15, 0.2) is 47.7 Å². The average molecular weight is 354 g/mol. The maximum atomic E-state index is 12.3. The Balaban J connectivity index is 1.25. The zero-order chi connectivity index (χ0) is 17.1. The van der Waals surface area contributed by atoms with Gasteiger partial charge in [-0.2, -0.15) is 0 Å². The van der Waals surface area contributed by atoms with E-state index in [1.165, 1.54) is 28.0 Å². The molecule has 0 fully saturated rings. The summed E-state index contributed by atoms with van der Waals surface area (Å²) in [6, 6.07) is 10.4. The number of benzene rings is 1. The lowest BCUT2D eigenvalue weighted by Crippen LogP contribution is -2.26. The fourth-order valence-corrected chi connectivity index (χ4v) is 4.17. The van der Waals surface area contributed by atoms with E-state index in [4.69, 9.17) is 0 Å². The number of hydrogen-bond acceptors (Lipinski definition) is 5. The second kappa shape index (κ2) is 7.37. The molecular formula is C19H22N4OS. The first-order valence-electron chi connectivity index (χ1n) is 8.73. The third-order valence-electron chi connectivity index (χ3n) is 4.70. The summed E-state index contributed by atoms with van der Waals surface area (Å²) in [5.41, 5.74) is 4.28. The lowest BCUT2D eigenvalue weighted by Gasteiger charge is -2.16. The monoisotopic (exact) mass is 354 g/mol. The van der Waals surface area contributed by atoms with Gasteiger partial charge in [-0.15, -0.1) is 0 Å². The van der Waals surface area contributed by atoms with Crippen LogP contribution >= 0.6 is 11.3 Å². The predicted molar refractivity (Wildman–Crippen MR) is 101 cm³/mol. The number of carbonyl (C=O) groups excluding carboxylic acids is 1. The van der Waals surface area contributed by atoms with Crippen LogP contribution in [0, 0.1) is 0 Å². The normalized spacial score (nSPS) is 16.4. The number of rotatable bonds is 6. The Bertz CT molecular complexity index is 768. The summed E-state index contributed by atoms with van der Waals surface area (Å²) in [6.07, 6.45) is 3.62. The van der Waals surface area contributed by atoms with Crippen molar-refractivity contribution in [2.75, 3.05) is 37.6 Å². The molecule has 0 radical (unpaired) electrons. The first-order valence-corrected chi connectivity index (χ1v) is 9.54. The van der Waals surface area contributed by atoms with Gasteiger partial charge < -0.3 is 15.5 Å². The van der Waals surface area contributed by atoms with Crippen molar-refractivity contribution in [2.45, 2.75) is 12.8 Å². The number of nitrogens with one attached hydrogen (secondary N) is 2. The molecule has 0 aliphatic carbocycles. The van der Waals surface area contributed by atoms with E-state index in [0.717, 1.165) is 44.2 Å². The lowest BCUT2D eigenvalue weighted by molar-refractivity contribution is 0.0957. The second-order valence-electron chi connectivity index (χ2n) is 6.52. The number of nitrogens with zero attached hydrogens (tertiary/aromatic N) is 2. The molecule has 1 aromatic heterocycles. The number of aromatic nitrogens is 1. The summed E-state index contributed by atoms with van der Waals surface area (Å²) in [5.74, 6) is -0.0156. The molecule has 0 saturated carbocycles. The Labute approximate surface area is 151 Å². The predicted octanol–water partition coefficient (Wildman–Crippen LogP) is 2.23. The molecular weight excluding hydrogens is 332 g/mol. The maximum Gasteiger partial charge on any atom is 0.263 e. The summed E-state index contributed by atoms with van der Waals surface area (Å²) < 4.78 is 0. The van der Waals surface area contributed by atoms with Crippen molar-refractivity contribution in [1.82, 2.24) is 15.6 Å². The third kappa shape index (κ3) is 3.75. The number of carbonyl (C=O) groups is 1. The van der Waals surface area contributed by atoms with Crippen LogP contribution in [-0.4, -0.2) is 43.6 Å². The van der Waals surface area contributed by atoms with Crippen molar-refractivity contribution in [2.24, 2.45) is 0 Å². The van der Waals surface area contributed by atoms with Crippen LogP contribution in [0.2, 0.25) is 0 Å². The van der Waals surface area contributed by atoms with E-state index in [0.29, 0.717) is 11.4 Å². The molecule has 2 aliphatic rings. The van der Waals surface area contributed by atoms with Gasteiger partial charge in [-0.05, 0) is 29.6 Å². The summed E-state index contributed by atoms with van der Waals surface area (Å²) in [5, 5.41) is 7.33. The average Bonchev–Trinajstić information content (AvgIpc) is 3.34. The molecule has 6 heteroatoms. The zero-order valence-corrected chi connectivity index (χ0v) is 14.9. The topological polar surface area (TPSA) is 57.3 Å². The molecule has 1 amide bonds. The molecule has 0 spiro atoms. The Hall–Kier alpha value is -2.18. The van der Waals surface area contributed by atoms with Gasteiger partial charge in [0, 0.05) is 32.7 Å². The van der Waals surface area contributed by atoms with Crippen molar-refractivity contribution in [1.29, 1.82) is 0 Å². The van der Waals surface area contributed by atoms with Crippen molar-refractivity contribution in [3.8, 4) is 0 Å². The van der Waals surface area contributed by atoms with Crippen LogP contribution in [0.1, 0.15) is 21.7 Å². The first-order chi connectivity index (χ1) is 12.3. The number of hydrogen-bond donors (Lipinski definition) is 2. The Morgan fingerprint density at radius 1 is 1.20 bits per heavy atom. The summed E-state index contributed by atoms with van der Waals surface area (Å²) in [6.45, 7) is 4.55. The molecule has 0 saturated heterocycles. The van der Waals surface area contributed by atoms with E-state index in [1.54, 1.807) is 6.20 Å². The van der Waals surface area contributed by atoms with Crippen LogP contribution in [-0.2, 0) is 6.42 Å². The number of aryl methyl sites for hydroxylation is 1. The van der Waals surface area contributed by atoms with Gasteiger partial charge in [0.15, 0.2) is 5.13 Å². The summed E-state index contributed by atoms with van der Waals surface area (Å²) in [7, 11) is 0. The lowest BCUT2D eigenvalue weighted by atomic mass is 10.1. The zero-order valence-electron chi connectivity index (χ0n) is 14.1. The molecule has 0 unspecified atom stereocenters. The highest BCUT2D eigenvalue weighted by atomic mass is 32.1. The largest absolute Gasteiger partial charge is 0.351 e. The van der Waals surface area contributed by atoms with Crippen molar-refractivity contribution < 1.29 is 4.79 Å². The SMILES string of the molecule is O=C(NCCCc1ccccc1)c1cnc(N2CC3=C(CNC3)C2)s1. The smallest absolute Gasteiger partial charge is 0.263 e. The molecule has 2 aromatic rings. The quantitative estimate of drug-likeness (QED) is 0.617. The van der Waals surface area contributed by atoms with Gasteiger partial charge in [0.25, 0.3) is 5.91 Å². The van der Waals surface area contributed by atoms with E-state index in [9.17, 15) is 4.79 Å². The second-order valence-corrected chi connectivity index (χ2v) is 7.53.